The summed E-state index contributed by atoms with van der Waals surface area (Å²) in [6.45, 7) is 11.7. The fraction of sp³-hybridized carbons (Fsp3) is 0.846. The molecule has 0 heterocycles. The molecular weight excluding hydrogens is 156 g/mol. The van der Waals surface area contributed by atoms with Crippen LogP contribution in [0.4, 0.5) is 0 Å². The van der Waals surface area contributed by atoms with Gasteiger partial charge in [0, 0.05) is 0 Å². The average Bonchev–Trinajstić information content (AvgIpc) is 1.96. The first-order chi connectivity index (χ1) is 5.93. The van der Waals surface area contributed by atoms with Gasteiger partial charge < -0.3 is 0 Å². The highest BCUT2D eigenvalue weighted by Gasteiger charge is 2.31. The van der Waals surface area contributed by atoms with E-state index in [1.807, 2.05) is 0 Å². The first-order valence-corrected chi connectivity index (χ1v) is 5.59. The first-order valence-electron chi connectivity index (χ1n) is 5.59. The van der Waals surface area contributed by atoms with Crippen LogP contribution in [0, 0.1) is 17.3 Å². The smallest absolute Gasteiger partial charge is 0.0141 e. The molecule has 0 N–H and O–H groups in total. The van der Waals surface area contributed by atoms with Crippen LogP contribution in [0.2, 0.25) is 0 Å². The summed E-state index contributed by atoms with van der Waals surface area (Å²) in [5.41, 5.74) is 1.97. The quantitative estimate of drug-likeness (QED) is 0.524. The van der Waals surface area contributed by atoms with Crippen molar-refractivity contribution in [3.8, 4) is 0 Å². The van der Waals surface area contributed by atoms with Crippen LogP contribution in [0.25, 0.3) is 0 Å². The Labute approximate surface area is 83.4 Å². The summed E-state index contributed by atoms with van der Waals surface area (Å²) in [5.74, 6) is 1.83. The van der Waals surface area contributed by atoms with Crippen molar-refractivity contribution in [3.05, 3.63) is 11.6 Å². The van der Waals surface area contributed by atoms with E-state index >= 15 is 0 Å². The van der Waals surface area contributed by atoms with Crippen LogP contribution in [0.5, 0.6) is 0 Å². The molecule has 1 rings (SSSR count). The largest absolute Gasteiger partial charge is 0.0799 e. The molecule has 0 nitrogen and oxygen atoms in total. The van der Waals surface area contributed by atoms with Gasteiger partial charge in [0.25, 0.3) is 0 Å². The molecule has 1 saturated carbocycles. The molecule has 3 atom stereocenters. The minimum Gasteiger partial charge on any atom is -0.0799 e. The van der Waals surface area contributed by atoms with Gasteiger partial charge in [-0.3, -0.25) is 0 Å². The van der Waals surface area contributed by atoms with E-state index in [0.29, 0.717) is 5.41 Å². The second kappa shape index (κ2) is 3.86. The van der Waals surface area contributed by atoms with Crippen molar-refractivity contribution < 1.29 is 0 Å². The maximum absolute atomic E-state index is 2.48. The Hall–Kier alpha value is -0.260. The zero-order chi connectivity index (χ0) is 10.1. The molecule has 13 heavy (non-hydrogen) atoms. The van der Waals surface area contributed by atoms with Gasteiger partial charge in [0.05, 0.1) is 0 Å². The molecule has 1 fully saturated rings. The van der Waals surface area contributed by atoms with E-state index in [2.05, 4.69) is 40.7 Å². The van der Waals surface area contributed by atoms with Crippen molar-refractivity contribution in [1.82, 2.24) is 0 Å². The van der Waals surface area contributed by atoms with Crippen molar-refractivity contribution in [2.75, 3.05) is 0 Å². The van der Waals surface area contributed by atoms with Gasteiger partial charge in [-0.1, -0.05) is 32.4 Å². The van der Waals surface area contributed by atoms with Gasteiger partial charge in [0.2, 0.25) is 0 Å². The Bertz CT molecular complexity index is 198. The highest BCUT2D eigenvalue weighted by molar-refractivity contribution is 5.05. The van der Waals surface area contributed by atoms with Crippen LogP contribution in [0.3, 0.4) is 0 Å². The van der Waals surface area contributed by atoms with Gasteiger partial charge in [-0.2, -0.15) is 0 Å². The number of allylic oxidation sites excluding steroid dienone is 2. The van der Waals surface area contributed by atoms with Crippen LogP contribution in [0.15, 0.2) is 11.6 Å². The van der Waals surface area contributed by atoms with Crippen molar-refractivity contribution >= 4 is 0 Å². The number of hydrogen-bond donors (Lipinski definition) is 0. The van der Waals surface area contributed by atoms with E-state index in [1.165, 1.54) is 24.8 Å². The van der Waals surface area contributed by atoms with Gasteiger partial charge in [-0.15, -0.1) is 0 Å². The molecular formula is C13H24. The predicted molar refractivity (Wildman–Crippen MR) is 59.7 cm³/mol. The molecule has 1 aliphatic carbocycles. The summed E-state index contributed by atoms with van der Waals surface area (Å²) in [4.78, 5) is 0. The van der Waals surface area contributed by atoms with Gasteiger partial charge >= 0.3 is 0 Å². The van der Waals surface area contributed by atoms with E-state index in [0.717, 1.165) is 11.8 Å². The third-order valence-corrected chi connectivity index (χ3v) is 3.57. The summed E-state index contributed by atoms with van der Waals surface area (Å²) < 4.78 is 0. The summed E-state index contributed by atoms with van der Waals surface area (Å²) in [6, 6.07) is 0. The first kappa shape index (κ1) is 10.8. The molecule has 0 aromatic rings. The average molecular weight is 180 g/mol. The van der Waals surface area contributed by atoms with Crippen molar-refractivity contribution in [2.24, 2.45) is 17.3 Å². The molecule has 3 unspecified atom stereocenters. The molecule has 0 aromatic carbocycles. The van der Waals surface area contributed by atoms with Gasteiger partial charge in [0.1, 0.15) is 0 Å². The molecule has 0 aromatic heterocycles. The Morgan fingerprint density at radius 2 is 1.85 bits per heavy atom. The Balaban J connectivity index is 2.67. The van der Waals surface area contributed by atoms with Crippen LogP contribution in [0.1, 0.15) is 53.9 Å². The van der Waals surface area contributed by atoms with Crippen molar-refractivity contribution in [2.45, 2.75) is 53.9 Å². The summed E-state index contributed by atoms with van der Waals surface area (Å²) in [7, 11) is 0. The molecule has 0 saturated heterocycles. The monoisotopic (exact) mass is 180 g/mol. The zero-order valence-electron chi connectivity index (χ0n) is 9.85. The molecule has 76 valence electrons. The second-order valence-corrected chi connectivity index (χ2v) is 5.57. The van der Waals surface area contributed by atoms with Gasteiger partial charge in [0.15, 0.2) is 0 Å². The minimum atomic E-state index is 0.491. The lowest BCUT2D eigenvalue weighted by Gasteiger charge is -2.38. The fourth-order valence-electron chi connectivity index (χ4n) is 2.71. The molecule has 0 heteroatoms. The predicted octanol–water partition coefficient (Wildman–Crippen LogP) is 4.42. The Morgan fingerprint density at radius 1 is 1.23 bits per heavy atom. The van der Waals surface area contributed by atoms with Crippen LogP contribution in [-0.2, 0) is 0 Å². The van der Waals surface area contributed by atoms with Crippen LogP contribution >= 0.6 is 0 Å². The SMILES string of the molecule is CC(C)=CC1(C)CCC(C)C(C)C1. The third-order valence-electron chi connectivity index (χ3n) is 3.57. The van der Waals surface area contributed by atoms with Crippen molar-refractivity contribution in [3.63, 3.8) is 0 Å². The maximum Gasteiger partial charge on any atom is -0.0141 e. The summed E-state index contributed by atoms with van der Waals surface area (Å²) in [5, 5.41) is 0. The molecule has 0 radical (unpaired) electrons. The van der Waals surface area contributed by atoms with E-state index in [9.17, 15) is 0 Å². The normalized spacial score (nSPS) is 40.1. The van der Waals surface area contributed by atoms with Crippen LogP contribution < -0.4 is 0 Å². The molecule has 0 aliphatic heterocycles. The molecule has 0 spiro atoms. The standard InChI is InChI=1S/C13H24/c1-10(2)8-13(5)7-6-11(3)12(4)9-13/h8,11-12H,6-7,9H2,1-5H3. The second-order valence-electron chi connectivity index (χ2n) is 5.57. The lowest BCUT2D eigenvalue weighted by Crippen LogP contribution is -2.27. The topological polar surface area (TPSA) is 0 Å². The lowest BCUT2D eigenvalue weighted by atomic mass is 9.67. The van der Waals surface area contributed by atoms with Gasteiger partial charge in [-0.25, -0.2) is 0 Å². The van der Waals surface area contributed by atoms with Gasteiger partial charge in [-0.05, 0) is 50.4 Å². The van der Waals surface area contributed by atoms with Crippen LogP contribution in [-0.4, -0.2) is 0 Å². The van der Waals surface area contributed by atoms with E-state index in [1.54, 1.807) is 0 Å². The number of rotatable bonds is 1. The molecule has 1 aliphatic rings. The lowest BCUT2D eigenvalue weighted by molar-refractivity contribution is 0.164. The van der Waals surface area contributed by atoms with Crippen molar-refractivity contribution in [1.29, 1.82) is 0 Å². The Morgan fingerprint density at radius 3 is 2.31 bits per heavy atom. The van der Waals surface area contributed by atoms with E-state index in [-0.39, 0.29) is 0 Å². The number of hydrogen-bond acceptors (Lipinski definition) is 0. The highest BCUT2D eigenvalue weighted by atomic mass is 14.4. The molecule has 0 bridgehead atoms. The minimum absolute atomic E-state index is 0.491. The zero-order valence-corrected chi connectivity index (χ0v) is 9.85. The van der Waals surface area contributed by atoms with E-state index in [4.69, 9.17) is 0 Å². The third kappa shape index (κ3) is 2.86. The Kier molecular flexibility index (Phi) is 3.21. The highest BCUT2D eigenvalue weighted by Crippen LogP contribution is 2.43. The summed E-state index contributed by atoms with van der Waals surface area (Å²) in [6.07, 6.45) is 6.64. The molecule has 0 amide bonds. The summed E-state index contributed by atoms with van der Waals surface area (Å²) >= 11 is 0. The van der Waals surface area contributed by atoms with E-state index < -0.39 is 0 Å². The fourth-order valence-corrected chi connectivity index (χ4v) is 2.71. The maximum atomic E-state index is 2.48.